The second-order valence-corrected chi connectivity index (χ2v) is 5.65. The molecule has 3 unspecified atom stereocenters. The third-order valence-corrected chi connectivity index (χ3v) is 4.89. The molecule has 0 aromatic rings. The Morgan fingerprint density at radius 3 is 2.33 bits per heavy atom. The molecule has 0 saturated carbocycles. The van der Waals surface area contributed by atoms with E-state index in [-0.39, 0.29) is 0 Å². The maximum Gasteiger partial charge on any atom is 0.116 e. The zero-order valence-electron chi connectivity index (χ0n) is 11.0. The van der Waals surface area contributed by atoms with Crippen molar-refractivity contribution in [3.63, 3.8) is 0 Å². The Morgan fingerprint density at radius 2 is 1.93 bits per heavy atom. The first-order valence-corrected chi connectivity index (χ1v) is 6.22. The van der Waals surface area contributed by atoms with Gasteiger partial charge in [0.05, 0.1) is 32.5 Å². The van der Waals surface area contributed by atoms with Crippen molar-refractivity contribution < 1.29 is 4.48 Å². The van der Waals surface area contributed by atoms with Gasteiger partial charge in [-0.3, -0.25) is 0 Å². The maximum absolute atomic E-state index is 5.52. The highest BCUT2D eigenvalue weighted by Crippen LogP contribution is 2.51. The van der Waals surface area contributed by atoms with Crippen LogP contribution in [0.25, 0.3) is 0 Å². The normalized spacial score (nSPS) is 38.1. The summed E-state index contributed by atoms with van der Waals surface area (Å²) in [7, 11) is 4.70. The highest BCUT2D eigenvalue weighted by Gasteiger charge is 2.64. The molecule has 0 spiro atoms. The molecule has 0 aromatic carbocycles. The SMILES string of the molecule is C#CCC1(C)C(CC)C(CCC)[N+]1(C)C. The number of quaternary nitrogens is 1. The van der Waals surface area contributed by atoms with Crippen molar-refractivity contribution in [1.29, 1.82) is 0 Å². The van der Waals surface area contributed by atoms with E-state index in [4.69, 9.17) is 6.42 Å². The number of likely N-dealkylation sites (tertiary alicyclic amines) is 1. The third-order valence-electron chi connectivity index (χ3n) is 4.89. The summed E-state index contributed by atoms with van der Waals surface area (Å²) >= 11 is 0. The Bertz CT molecular complexity index is 261. The Balaban J connectivity index is 2.87. The molecule has 3 atom stereocenters. The van der Waals surface area contributed by atoms with Crippen molar-refractivity contribution in [2.45, 2.75) is 58.0 Å². The number of hydrogen-bond acceptors (Lipinski definition) is 0. The van der Waals surface area contributed by atoms with E-state index in [1.54, 1.807) is 0 Å². The van der Waals surface area contributed by atoms with Gasteiger partial charge in [-0.1, -0.05) is 20.3 Å². The fourth-order valence-electron chi connectivity index (χ4n) is 3.66. The molecule has 1 fully saturated rings. The third kappa shape index (κ3) is 1.60. The average Bonchev–Trinajstić information content (AvgIpc) is 2.18. The van der Waals surface area contributed by atoms with Gasteiger partial charge in [-0.25, -0.2) is 0 Å². The fraction of sp³-hybridized carbons (Fsp3) is 0.857. The molecular weight excluding hydrogens is 182 g/mol. The number of hydrogen-bond donors (Lipinski definition) is 0. The number of rotatable bonds is 4. The Hall–Kier alpha value is -0.480. The Morgan fingerprint density at radius 1 is 1.33 bits per heavy atom. The molecule has 0 amide bonds. The zero-order chi connectivity index (χ0) is 11.7. The van der Waals surface area contributed by atoms with Crippen molar-refractivity contribution >= 4 is 0 Å². The topological polar surface area (TPSA) is 0 Å². The summed E-state index contributed by atoms with van der Waals surface area (Å²) < 4.78 is 1.11. The van der Waals surface area contributed by atoms with Crippen molar-refractivity contribution in [3.8, 4) is 12.3 Å². The quantitative estimate of drug-likeness (QED) is 0.492. The number of terminal acetylenes is 1. The number of nitrogens with zero attached hydrogens (tertiary/aromatic N) is 1. The molecule has 86 valence electrons. The molecule has 0 aromatic heterocycles. The van der Waals surface area contributed by atoms with E-state index in [0.29, 0.717) is 5.54 Å². The van der Waals surface area contributed by atoms with Gasteiger partial charge in [-0.2, -0.15) is 0 Å². The molecule has 0 radical (unpaired) electrons. The minimum Gasteiger partial charge on any atom is -0.320 e. The Kier molecular flexibility index (Phi) is 3.51. The second kappa shape index (κ2) is 4.18. The smallest absolute Gasteiger partial charge is 0.116 e. The maximum atomic E-state index is 5.52. The molecule has 1 rings (SSSR count). The lowest BCUT2D eigenvalue weighted by Crippen LogP contribution is -2.79. The van der Waals surface area contributed by atoms with Gasteiger partial charge in [0.15, 0.2) is 0 Å². The lowest BCUT2D eigenvalue weighted by molar-refractivity contribution is -1.02. The molecule has 1 heteroatoms. The highest BCUT2D eigenvalue weighted by molar-refractivity contribution is 5.05. The van der Waals surface area contributed by atoms with Crippen LogP contribution in [0.2, 0.25) is 0 Å². The van der Waals surface area contributed by atoms with Gasteiger partial charge in [0.2, 0.25) is 0 Å². The molecule has 0 aliphatic carbocycles. The molecule has 1 heterocycles. The highest BCUT2D eigenvalue weighted by atomic mass is 15.5. The van der Waals surface area contributed by atoms with Gasteiger partial charge in [-0.05, 0) is 19.8 Å². The monoisotopic (exact) mass is 208 g/mol. The first-order chi connectivity index (χ1) is 6.95. The van der Waals surface area contributed by atoms with Gasteiger partial charge < -0.3 is 4.48 Å². The van der Waals surface area contributed by atoms with E-state index in [0.717, 1.165) is 22.9 Å². The average molecular weight is 208 g/mol. The lowest BCUT2D eigenvalue weighted by atomic mass is 9.63. The van der Waals surface area contributed by atoms with Gasteiger partial charge in [0.25, 0.3) is 0 Å². The van der Waals surface area contributed by atoms with Gasteiger partial charge in [0, 0.05) is 0 Å². The van der Waals surface area contributed by atoms with E-state index < -0.39 is 0 Å². The first kappa shape index (κ1) is 12.6. The predicted octanol–water partition coefficient (Wildman–Crippen LogP) is 3.05. The van der Waals surface area contributed by atoms with Crippen LogP contribution >= 0.6 is 0 Å². The molecule has 0 N–H and O–H groups in total. The summed E-state index contributed by atoms with van der Waals surface area (Å²) in [6.45, 7) is 6.96. The van der Waals surface area contributed by atoms with Gasteiger partial charge >= 0.3 is 0 Å². The first-order valence-electron chi connectivity index (χ1n) is 6.22. The van der Waals surface area contributed by atoms with Crippen LogP contribution in [0.15, 0.2) is 0 Å². The van der Waals surface area contributed by atoms with Crippen LogP contribution in [0.4, 0.5) is 0 Å². The molecule has 0 bridgehead atoms. The summed E-state index contributed by atoms with van der Waals surface area (Å²) in [4.78, 5) is 0. The van der Waals surface area contributed by atoms with Crippen LogP contribution < -0.4 is 0 Å². The van der Waals surface area contributed by atoms with Crippen molar-refractivity contribution in [3.05, 3.63) is 0 Å². The van der Waals surface area contributed by atoms with Crippen LogP contribution in [0, 0.1) is 18.3 Å². The van der Waals surface area contributed by atoms with Crippen LogP contribution in [0.5, 0.6) is 0 Å². The van der Waals surface area contributed by atoms with Crippen LogP contribution in [0.3, 0.4) is 0 Å². The summed E-state index contributed by atoms with van der Waals surface area (Å²) in [6, 6.07) is 0.818. The largest absolute Gasteiger partial charge is 0.320 e. The standard InChI is InChI=1S/C14H26N/c1-7-10-13-12(9-3)14(4,11-8-2)15(13,5)6/h2,12-13H,7,9-11H2,1,3-6H3/q+1. The van der Waals surface area contributed by atoms with Crippen molar-refractivity contribution in [2.24, 2.45) is 5.92 Å². The lowest BCUT2D eigenvalue weighted by Gasteiger charge is -2.66. The van der Waals surface area contributed by atoms with Gasteiger partial charge in [-0.15, -0.1) is 12.3 Å². The van der Waals surface area contributed by atoms with E-state index in [1.807, 2.05) is 0 Å². The summed E-state index contributed by atoms with van der Waals surface area (Å²) in [5, 5.41) is 0. The second-order valence-electron chi connectivity index (χ2n) is 5.65. The summed E-state index contributed by atoms with van der Waals surface area (Å²) in [5.41, 5.74) is 0.309. The van der Waals surface area contributed by atoms with E-state index in [2.05, 4.69) is 40.8 Å². The molecule has 1 saturated heterocycles. The summed E-state index contributed by atoms with van der Waals surface area (Å²) in [5.74, 6) is 3.69. The molecule has 1 aliphatic heterocycles. The van der Waals surface area contributed by atoms with E-state index in [1.165, 1.54) is 19.3 Å². The van der Waals surface area contributed by atoms with E-state index >= 15 is 0 Å². The predicted molar refractivity (Wildman–Crippen MR) is 66.4 cm³/mol. The minimum atomic E-state index is 0.309. The molecule has 1 nitrogen and oxygen atoms in total. The van der Waals surface area contributed by atoms with Crippen LogP contribution in [0.1, 0.15) is 46.5 Å². The molecular formula is C14H26N+. The summed E-state index contributed by atoms with van der Waals surface area (Å²) in [6.07, 6.45) is 10.3. The van der Waals surface area contributed by atoms with Crippen LogP contribution in [-0.2, 0) is 0 Å². The zero-order valence-corrected chi connectivity index (χ0v) is 11.0. The van der Waals surface area contributed by atoms with Crippen molar-refractivity contribution in [2.75, 3.05) is 14.1 Å². The van der Waals surface area contributed by atoms with Crippen molar-refractivity contribution in [1.82, 2.24) is 0 Å². The molecule has 15 heavy (non-hydrogen) atoms. The minimum absolute atomic E-state index is 0.309. The fourth-order valence-corrected chi connectivity index (χ4v) is 3.66. The van der Waals surface area contributed by atoms with Gasteiger partial charge in [0.1, 0.15) is 5.54 Å². The van der Waals surface area contributed by atoms with E-state index in [9.17, 15) is 0 Å². The molecule has 1 aliphatic rings. The van der Waals surface area contributed by atoms with Crippen LogP contribution in [-0.4, -0.2) is 30.2 Å². The Labute approximate surface area is 95.4 Å².